The van der Waals surface area contributed by atoms with Crippen molar-refractivity contribution in [2.45, 2.75) is 64.1 Å². The van der Waals surface area contributed by atoms with E-state index >= 15 is 0 Å². The summed E-state index contributed by atoms with van der Waals surface area (Å²) < 4.78 is 22.5. The normalized spacial score (nSPS) is 24.6. The van der Waals surface area contributed by atoms with Gasteiger partial charge in [0.15, 0.2) is 11.5 Å². The van der Waals surface area contributed by atoms with E-state index in [9.17, 15) is 9.59 Å². The van der Waals surface area contributed by atoms with E-state index < -0.39 is 0 Å². The molecular formula is C26H33N3O6. The SMILES string of the molecule is COc1ccc(-c2nc(CN3C(=O)N(CC4CCCO4)C(=O)C4CCCCC43)c(C)o2)cc1OC. The molecule has 0 N–H and O–H groups in total. The van der Waals surface area contributed by atoms with Crippen molar-refractivity contribution >= 4 is 11.9 Å². The number of aromatic nitrogens is 1. The number of rotatable bonds is 7. The fraction of sp³-hybridized carbons (Fsp3) is 0.577. The highest BCUT2D eigenvalue weighted by molar-refractivity contribution is 5.98. The molecule has 3 unspecified atom stereocenters. The van der Waals surface area contributed by atoms with Crippen LogP contribution in [0.3, 0.4) is 0 Å². The molecular weight excluding hydrogens is 450 g/mol. The Hall–Kier alpha value is -3.07. The van der Waals surface area contributed by atoms with Crippen LogP contribution in [0.2, 0.25) is 0 Å². The van der Waals surface area contributed by atoms with Crippen LogP contribution < -0.4 is 9.47 Å². The molecule has 3 heterocycles. The Balaban J connectivity index is 1.41. The smallest absolute Gasteiger partial charge is 0.327 e. The summed E-state index contributed by atoms with van der Waals surface area (Å²) in [4.78, 5) is 34.9. The lowest BCUT2D eigenvalue weighted by atomic mass is 9.81. The van der Waals surface area contributed by atoms with Gasteiger partial charge in [-0.25, -0.2) is 9.78 Å². The lowest BCUT2D eigenvalue weighted by Crippen LogP contribution is -2.63. The summed E-state index contributed by atoms with van der Waals surface area (Å²) in [5, 5.41) is 0. The van der Waals surface area contributed by atoms with Gasteiger partial charge in [-0.2, -0.15) is 0 Å². The van der Waals surface area contributed by atoms with Crippen LogP contribution in [0.25, 0.3) is 11.5 Å². The topological polar surface area (TPSA) is 94.3 Å². The molecule has 3 atom stereocenters. The number of benzene rings is 1. The van der Waals surface area contributed by atoms with Crippen LogP contribution in [0.5, 0.6) is 11.5 Å². The van der Waals surface area contributed by atoms with E-state index in [0.29, 0.717) is 48.5 Å². The third-order valence-corrected chi connectivity index (χ3v) is 7.44. The van der Waals surface area contributed by atoms with Crippen molar-refractivity contribution in [1.29, 1.82) is 0 Å². The molecule has 3 fully saturated rings. The molecule has 2 aliphatic heterocycles. The number of hydrogen-bond acceptors (Lipinski definition) is 7. The maximum Gasteiger partial charge on any atom is 0.327 e. The van der Waals surface area contributed by atoms with Gasteiger partial charge >= 0.3 is 6.03 Å². The Morgan fingerprint density at radius 2 is 1.86 bits per heavy atom. The second-order valence-corrected chi connectivity index (χ2v) is 9.54. The minimum atomic E-state index is -0.247. The Labute approximate surface area is 205 Å². The van der Waals surface area contributed by atoms with Crippen LogP contribution in [-0.2, 0) is 16.1 Å². The van der Waals surface area contributed by atoms with Gasteiger partial charge in [0.2, 0.25) is 11.8 Å². The molecule has 2 saturated heterocycles. The first-order valence-corrected chi connectivity index (χ1v) is 12.4. The molecule has 0 bridgehead atoms. The Bertz CT molecular complexity index is 1090. The van der Waals surface area contributed by atoms with Crippen LogP contribution in [0, 0.1) is 12.8 Å². The van der Waals surface area contributed by atoms with E-state index in [0.717, 1.165) is 44.1 Å². The van der Waals surface area contributed by atoms with Gasteiger partial charge in [-0.3, -0.25) is 9.69 Å². The standard InChI is InChI=1S/C26H33N3O6/c1-16-20(27-24(35-16)17-10-11-22(32-2)23(13-17)33-3)15-28-21-9-5-4-8-19(21)25(30)29(26(28)31)14-18-7-6-12-34-18/h10-11,13,18-19,21H,4-9,12,14-15H2,1-3H3. The summed E-state index contributed by atoms with van der Waals surface area (Å²) in [6.45, 7) is 3.17. The number of fused-ring (bicyclic) bond motifs is 1. The molecule has 1 saturated carbocycles. The largest absolute Gasteiger partial charge is 0.493 e. The number of carbonyl (C=O) groups is 2. The molecule has 3 amide bonds. The van der Waals surface area contributed by atoms with Crippen LogP contribution >= 0.6 is 0 Å². The number of hydrogen-bond donors (Lipinski definition) is 0. The molecule has 1 aromatic carbocycles. The van der Waals surface area contributed by atoms with Gasteiger partial charge in [-0.1, -0.05) is 12.8 Å². The fourth-order valence-corrected chi connectivity index (χ4v) is 5.54. The van der Waals surface area contributed by atoms with Crippen molar-refractivity contribution < 1.29 is 28.2 Å². The van der Waals surface area contributed by atoms with E-state index in [4.69, 9.17) is 23.6 Å². The third-order valence-electron chi connectivity index (χ3n) is 7.44. The first kappa shape index (κ1) is 23.7. The number of amides is 3. The van der Waals surface area contributed by atoms with Gasteiger partial charge in [0.1, 0.15) is 11.5 Å². The van der Waals surface area contributed by atoms with Crippen molar-refractivity contribution in [1.82, 2.24) is 14.8 Å². The number of urea groups is 1. The molecule has 1 aliphatic carbocycles. The third kappa shape index (κ3) is 4.49. The van der Waals surface area contributed by atoms with Crippen LogP contribution in [0.15, 0.2) is 22.6 Å². The zero-order chi connectivity index (χ0) is 24.5. The minimum absolute atomic E-state index is 0.0469. The average Bonchev–Trinajstić information content (AvgIpc) is 3.53. The van der Waals surface area contributed by atoms with Gasteiger partial charge in [-0.15, -0.1) is 0 Å². The Morgan fingerprint density at radius 1 is 1.06 bits per heavy atom. The second kappa shape index (κ2) is 9.89. The van der Waals surface area contributed by atoms with Crippen LogP contribution in [-0.4, -0.2) is 66.2 Å². The van der Waals surface area contributed by atoms with E-state index in [1.165, 1.54) is 4.90 Å². The number of imide groups is 1. The molecule has 5 rings (SSSR count). The Kier molecular flexibility index (Phi) is 6.69. The predicted molar refractivity (Wildman–Crippen MR) is 127 cm³/mol. The molecule has 1 aromatic heterocycles. The fourth-order valence-electron chi connectivity index (χ4n) is 5.54. The molecule has 2 aromatic rings. The van der Waals surface area contributed by atoms with Gasteiger partial charge in [-0.05, 0) is 50.8 Å². The quantitative estimate of drug-likeness (QED) is 0.583. The van der Waals surface area contributed by atoms with Gasteiger partial charge in [0, 0.05) is 18.2 Å². The average molecular weight is 484 g/mol. The molecule has 9 heteroatoms. The van der Waals surface area contributed by atoms with E-state index in [-0.39, 0.29) is 30.0 Å². The van der Waals surface area contributed by atoms with Crippen molar-refractivity contribution in [2.24, 2.45) is 5.92 Å². The number of nitrogens with zero attached hydrogens (tertiary/aromatic N) is 3. The first-order valence-electron chi connectivity index (χ1n) is 12.4. The predicted octanol–water partition coefficient (Wildman–Crippen LogP) is 4.17. The van der Waals surface area contributed by atoms with E-state index in [1.54, 1.807) is 14.2 Å². The zero-order valence-electron chi connectivity index (χ0n) is 20.6. The van der Waals surface area contributed by atoms with Crippen LogP contribution in [0.1, 0.15) is 50.0 Å². The molecule has 9 nitrogen and oxygen atoms in total. The molecule has 188 valence electrons. The summed E-state index contributed by atoms with van der Waals surface area (Å²) in [7, 11) is 3.17. The van der Waals surface area contributed by atoms with E-state index in [1.807, 2.05) is 30.0 Å². The molecule has 0 radical (unpaired) electrons. The highest BCUT2D eigenvalue weighted by Gasteiger charge is 2.47. The summed E-state index contributed by atoms with van der Waals surface area (Å²) in [6.07, 6.45) is 5.43. The number of oxazole rings is 1. The monoisotopic (exact) mass is 483 g/mol. The molecule has 3 aliphatic rings. The van der Waals surface area contributed by atoms with Crippen LogP contribution in [0.4, 0.5) is 4.79 Å². The second-order valence-electron chi connectivity index (χ2n) is 9.54. The van der Waals surface area contributed by atoms with Crippen molar-refractivity contribution in [3.63, 3.8) is 0 Å². The first-order chi connectivity index (χ1) is 17.0. The summed E-state index contributed by atoms with van der Waals surface area (Å²) >= 11 is 0. The highest BCUT2D eigenvalue weighted by Crippen LogP contribution is 2.37. The summed E-state index contributed by atoms with van der Waals surface area (Å²) in [5.41, 5.74) is 1.45. The maximum absolute atomic E-state index is 13.6. The van der Waals surface area contributed by atoms with Gasteiger partial charge in [0.25, 0.3) is 0 Å². The zero-order valence-corrected chi connectivity index (χ0v) is 20.6. The number of ether oxygens (including phenoxy) is 3. The highest BCUT2D eigenvalue weighted by atomic mass is 16.5. The molecule has 35 heavy (non-hydrogen) atoms. The van der Waals surface area contributed by atoms with Crippen molar-refractivity contribution in [2.75, 3.05) is 27.4 Å². The summed E-state index contributed by atoms with van der Waals surface area (Å²) in [6, 6.07) is 5.14. The molecule has 0 spiro atoms. The number of aryl methyl sites for hydroxylation is 1. The summed E-state index contributed by atoms with van der Waals surface area (Å²) in [5.74, 6) is 2.10. The lowest BCUT2D eigenvalue weighted by molar-refractivity contribution is -0.142. The van der Waals surface area contributed by atoms with Gasteiger partial charge in [0.05, 0.1) is 39.3 Å². The lowest BCUT2D eigenvalue weighted by Gasteiger charge is -2.47. The minimum Gasteiger partial charge on any atom is -0.493 e. The number of carbonyl (C=O) groups excluding carboxylic acids is 2. The van der Waals surface area contributed by atoms with Crippen molar-refractivity contribution in [3.8, 4) is 23.0 Å². The van der Waals surface area contributed by atoms with Gasteiger partial charge < -0.3 is 23.5 Å². The maximum atomic E-state index is 13.6. The van der Waals surface area contributed by atoms with Crippen molar-refractivity contribution in [3.05, 3.63) is 29.7 Å². The number of methoxy groups -OCH3 is 2. The Morgan fingerprint density at radius 3 is 2.60 bits per heavy atom. The van der Waals surface area contributed by atoms with E-state index in [2.05, 4.69) is 0 Å².